The monoisotopic (exact) mass is 548 g/mol. The summed E-state index contributed by atoms with van der Waals surface area (Å²) in [5.41, 5.74) is 8.13. The van der Waals surface area contributed by atoms with Gasteiger partial charge in [-0.15, -0.1) is 0 Å². The molecule has 0 radical (unpaired) electrons. The number of rotatable bonds is 2. The van der Waals surface area contributed by atoms with Gasteiger partial charge in [-0.3, -0.25) is 0 Å². The van der Waals surface area contributed by atoms with Gasteiger partial charge < -0.3 is 13.6 Å². The van der Waals surface area contributed by atoms with Crippen molar-refractivity contribution in [2.45, 2.75) is 0 Å². The standard InChI is InChI=1S/C38H20N4O/c39-21-23-8-7-14-33(30(23)22-40)42-34-18-16-24(41-31-12-4-1-9-25(31)26-10-2-5-13-32(26)41)20-29(34)37-35(42)19-17-28-27-11-3-6-15-36(27)43-38(28)37/h1-20H. The van der Waals surface area contributed by atoms with E-state index in [1.54, 1.807) is 6.07 Å². The fraction of sp³-hybridized carbons (Fsp3) is 0. The molecule has 0 aliphatic rings. The molecule has 3 aromatic heterocycles. The predicted molar refractivity (Wildman–Crippen MR) is 172 cm³/mol. The first kappa shape index (κ1) is 23.4. The first-order chi connectivity index (χ1) is 21.3. The summed E-state index contributed by atoms with van der Waals surface area (Å²) in [4.78, 5) is 0. The summed E-state index contributed by atoms with van der Waals surface area (Å²) in [6.45, 7) is 0. The van der Waals surface area contributed by atoms with Crippen molar-refractivity contribution in [2.24, 2.45) is 0 Å². The number of hydrogen-bond donors (Lipinski definition) is 0. The molecule has 43 heavy (non-hydrogen) atoms. The van der Waals surface area contributed by atoms with E-state index in [0.29, 0.717) is 16.8 Å². The summed E-state index contributed by atoms with van der Waals surface area (Å²) < 4.78 is 11.0. The van der Waals surface area contributed by atoms with E-state index in [9.17, 15) is 10.5 Å². The Labute approximate surface area is 245 Å². The Hall–Kier alpha value is -6.30. The fourth-order valence-corrected chi connectivity index (χ4v) is 6.81. The highest BCUT2D eigenvalue weighted by molar-refractivity contribution is 6.24. The van der Waals surface area contributed by atoms with Crippen LogP contribution in [0.25, 0.3) is 76.9 Å². The molecule has 9 aromatic rings. The molecule has 3 heterocycles. The second kappa shape index (κ2) is 8.60. The molecule has 0 aliphatic heterocycles. The SMILES string of the molecule is N#Cc1cccc(-n2c3ccc(-n4c5ccccc5c5ccccc54)cc3c3c4oc5ccccc5c4ccc32)c1C#N. The van der Waals surface area contributed by atoms with E-state index < -0.39 is 0 Å². The Morgan fingerprint density at radius 3 is 1.93 bits per heavy atom. The minimum atomic E-state index is 0.347. The van der Waals surface area contributed by atoms with Crippen molar-refractivity contribution >= 4 is 65.6 Å². The highest BCUT2D eigenvalue weighted by atomic mass is 16.3. The molecule has 5 nitrogen and oxygen atoms in total. The Bertz CT molecular complexity index is 2650. The van der Waals surface area contributed by atoms with Gasteiger partial charge in [0.25, 0.3) is 0 Å². The molecule has 198 valence electrons. The summed E-state index contributed by atoms with van der Waals surface area (Å²) in [5.74, 6) is 0. The fourth-order valence-electron chi connectivity index (χ4n) is 6.81. The lowest BCUT2D eigenvalue weighted by molar-refractivity contribution is 0.673. The van der Waals surface area contributed by atoms with E-state index in [-0.39, 0.29) is 0 Å². The first-order valence-corrected chi connectivity index (χ1v) is 14.1. The van der Waals surface area contributed by atoms with E-state index in [1.165, 1.54) is 10.8 Å². The number of benzene rings is 6. The Kier molecular flexibility index (Phi) is 4.68. The van der Waals surface area contributed by atoms with Gasteiger partial charge in [-0.25, -0.2) is 0 Å². The van der Waals surface area contributed by atoms with Crippen molar-refractivity contribution in [3.63, 3.8) is 0 Å². The van der Waals surface area contributed by atoms with Crippen LogP contribution >= 0.6 is 0 Å². The predicted octanol–water partition coefficient (Wildman–Crippen LogP) is 9.52. The van der Waals surface area contributed by atoms with Gasteiger partial charge in [0, 0.05) is 32.6 Å². The van der Waals surface area contributed by atoms with Crippen molar-refractivity contribution in [3.05, 3.63) is 132 Å². The molecular weight excluding hydrogens is 528 g/mol. The zero-order chi connectivity index (χ0) is 28.7. The van der Waals surface area contributed by atoms with Gasteiger partial charge in [-0.1, -0.05) is 60.7 Å². The molecule has 6 aromatic carbocycles. The van der Waals surface area contributed by atoms with E-state index >= 15 is 0 Å². The van der Waals surface area contributed by atoms with Crippen LogP contribution in [0, 0.1) is 22.7 Å². The van der Waals surface area contributed by atoms with Crippen LogP contribution in [0.15, 0.2) is 126 Å². The smallest absolute Gasteiger partial charge is 0.145 e. The van der Waals surface area contributed by atoms with Crippen LogP contribution < -0.4 is 0 Å². The minimum absolute atomic E-state index is 0.347. The number of para-hydroxylation sites is 3. The Morgan fingerprint density at radius 2 is 1.19 bits per heavy atom. The minimum Gasteiger partial charge on any atom is -0.455 e. The molecule has 0 N–H and O–H groups in total. The normalized spacial score (nSPS) is 11.7. The summed E-state index contributed by atoms with van der Waals surface area (Å²) in [6.07, 6.45) is 0. The molecule has 9 rings (SSSR count). The largest absolute Gasteiger partial charge is 0.455 e. The summed E-state index contributed by atoms with van der Waals surface area (Å²) >= 11 is 0. The number of furan rings is 1. The van der Waals surface area contributed by atoms with E-state index in [2.05, 4.69) is 106 Å². The van der Waals surface area contributed by atoms with Crippen molar-refractivity contribution in [2.75, 3.05) is 0 Å². The van der Waals surface area contributed by atoms with Crippen LogP contribution in [0.5, 0.6) is 0 Å². The molecular formula is C38H20N4O. The molecule has 0 fully saturated rings. The molecule has 0 spiro atoms. The van der Waals surface area contributed by atoms with Crippen molar-refractivity contribution in [1.82, 2.24) is 9.13 Å². The maximum Gasteiger partial charge on any atom is 0.145 e. The van der Waals surface area contributed by atoms with Crippen molar-refractivity contribution < 1.29 is 4.42 Å². The van der Waals surface area contributed by atoms with Gasteiger partial charge >= 0.3 is 0 Å². The maximum absolute atomic E-state index is 10.2. The van der Waals surface area contributed by atoms with Gasteiger partial charge in [0.15, 0.2) is 0 Å². The summed E-state index contributed by atoms with van der Waals surface area (Å²) in [5, 5.41) is 26.5. The van der Waals surface area contributed by atoms with Crippen LogP contribution in [0.3, 0.4) is 0 Å². The highest BCUT2D eigenvalue weighted by Crippen LogP contribution is 2.42. The van der Waals surface area contributed by atoms with Crippen molar-refractivity contribution in [3.8, 4) is 23.5 Å². The van der Waals surface area contributed by atoms with Gasteiger partial charge in [0.2, 0.25) is 0 Å². The summed E-state index contributed by atoms with van der Waals surface area (Å²) in [7, 11) is 0. The maximum atomic E-state index is 10.2. The molecule has 0 amide bonds. The number of fused-ring (bicyclic) bond motifs is 10. The zero-order valence-corrected chi connectivity index (χ0v) is 22.7. The van der Waals surface area contributed by atoms with E-state index in [1.807, 2.05) is 30.3 Å². The third-order valence-corrected chi connectivity index (χ3v) is 8.61. The summed E-state index contributed by atoms with van der Waals surface area (Å²) in [6, 6.07) is 45.6. The topological polar surface area (TPSA) is 70.6 Å². The zero-order valence-electron chi connectivity index (χ0n) is 22.7. The Morgan fingerprint density at radius 1 is 0.512 bits per heavy atom. The molecule has 0 saturated carbocycles. The lowest BCUT2D eigenvalue weighted by Gasteiger charge is -2.12. The van der Waals surface area contributed by atoms with Gasteiger partial charge in [0.1, 0.15) is 23.3 Å². The molecule has 0 unspecified atom stereocenters. The quantitative estimate of drug-likeness (QED) is 0.216. The molecule has 0 saturated heterocycles. The van der Waals surface area contributed by atoms with Crippen LogP contribution in [-0.4, -0.2) is 9.13 Å². The average Bonchev–Trinajstić information content (AvgIpc) is 3.71. The molecule has 0 bridgehead atoms. The lowest BCUT2D eigenvalue weighted by atomic mass is 10.1. The van der Waals surface area contributed by atoms with Gasteiger partial charge in [0.05, 0.1) is 44.3 Å². The van der Waals surface area contributed by atoms with Crippen LogP contribution in [-0.2, 0) is 0 Å². The van der Waals surface area contributed by atoms with Crippen LogP contribution in [0.2, 0.25) is 0 Å². The first-order valence-electron chi connectivity index (χ1n) is 14.1. The number of aromatic nitrogens is 2. The third-order valence-electron chi connectivity index (χ3n) is 8.61. The molecule has 0 aliphatic carbocycles. The second-order valence-corrected chi connectivity index (χ2v) is 10.8. The van der Waals surface area contributed by atoms with Crippen molar-refractivity contribution in [1.29, 1.82) is 10.5 Å². The van der Waals surface area contributed by atoms with Crippen LogP contribution in [0.1, 0.15) is 11.1 Å². The molecule has 0 atom stereocenters. The number of nitrogens with zero attached hydrogens (tertiary/aromatic N) is 4. The second-order valence-electron chi connectivity index (χ2n) is 10.8. The lowest BCUT2D eigenvalue weighted by Crippen LogP contribution is -2.00. The highest BCUT2D eigenvalue weighted by Gasteiger charge is 2.22. The van der Waals surface area contributed by atoms with Gasteiger partial charge in [-0.05, 0) is 60.7 Å². The average molecular weight is 549 g/mol. The number of nitriles is 2. The van der Waals surface area contributed by atoms with E-state index in [0.717, 1.165) is 60.5 Å². The van der Waals surface area contributed by atoms with Crippen LogP contribution in [0.4, 0.5) is 0 Å². The Balaban J connectivity index is 1.47. The van der Waals surface area contributed by atoms with Gasteiger partial charge in [-0.2, -0.15) is 10.5 Å². The molecule has 5 heteroatoms. The number of hydrogen-bond acceptors (Lipinski definition) is 3. The van der Waals surface area contributed by atoms with E-state index in [4.69, 9.17) is 4.42 Å². The third kappa shape index (κ3) is 3.08.